The molecule has 6 heteroatoms. The SMILES string of the molecule is O=C(N[C@H](C[C@H](O)c1ccc2c(c1)C(=O)C=CC2=O)c1ccccc1)Oc1ccccc1. The number of hydrogen-bond donors (Lipinski definition) is 2. The predicted octanol–water partition coefficient (Wildman–Crippen LogP) is 4.58. The molecule has 2 atom stereocenters. The highest BCUT2D eigenvalue weighted by atomic mass is 16.6. The van der Waals surface area contributed by atoms with Crippen LogP contribution in [0.3, 0.4) is 0 Å². The van der Waals surface area contributed by atoms with E-state index in [1.54, 1.807) is 36.4 Å². The molecule has 1 aliphatic rings. The standard InChI is InChI=1S/C26H21NO5/c28-23-13-14-24(29)21-15-18(11-12-20(21)23)25(30)16-22(17-7-3-1-4-8-17)27-26(31)32-19-9-5-2-6-10-19/h1-15,22,25,30H,16H2,(H,27,31)/t22-,25+/m1/s1. The van der Waals surface area contributed by atoms with Crippen LogP contribution in [0.4, 0.5) is 4.79 Å². The van der Waals surface area contributed by atoms with E-state index in [-0.39, 0.29) is 23.6 Å². The maximum atomic E-state index is 12.5. The number of ketones is 2. The van der Waals surface area contributed by atoms with Gasteiger partial charge in [0.1, 0.15) is 5.75 Å². The Morgan fingerprint density at radius 3 is 2.12 bits per heavy atom. The third-order valence-electron chi connectivity index (χ3n) is 5.25. The van der Waals surface area contributed by atoms with Crippen molar-refractivity contribution in [2.75, 3.05) is 0 Å². The minimum absolute atomic E-state index is 0.144. The molecule has 160 valence electrons. The van der Waals surface area contributed by atoms with Gasteiger partial charge in [-0.25, -0.2) is 4.79 Å². The van der Waals surface area contributed by atoms with Crippen LogP contribution in [0.2, 0.25) is 0 Å². The molecule has 3 aromatic carbocycles. The summed E-state index contributed by atoms with van der Waals surface area (Å²) in [7, 11) is 0. The Balaban J connectivity index is 1.54. The zero-order chi connectivity index (χ0) is 22.5. The lowest BCUT2D eigenvalue weighted by Crippen LogP contribution is -2.32. The minimum atomic E-state index is -0.990. The van der Waals surface area contributed by atoms with Crippen LogP contribution in [0.5, 0.6) is 5.75 Å². The van der Waals surface area contributed by atoms with E-state index in [0.717, 1.165) is 5.56 Å². The number of aliphatic hydroxyl groups excluding tert-OH is 1. The van der Waals surface area contributed by atoms with Gasteiger partial charge in [0, 0.05) is 17.5 Å². The molecule has 6 nitrogen and oxygen atoms in total. The number of carbonyl (C=O) groups is 3. The van der Waals surface area contributed by atoms with Gasteiger partial charge in [0.15, 0.2) is 11.6 Å². The smallest absolute Gasteiger partial charge is 0.410 e. The summed E-state index contributed by atoms with van der Waals surface area (Å²) in [6.45, 7) is 0. The zero-order valence-corrected chi connectivity index (χ0v) is 17.1. The molecule has 32 heavy (non-hydrogen) atoms. The van der Waals surface area contributed by atoms with Crippen LogP contribution in [-0.2, 0) is 0 Å². The van der Waals surface area contributed by atoms with Gasteiger partial charge in [-0.1, -0.05) is 54.6 Å². The maximum absolute atomic E-state index is 12.5. The number of fused-ring (bicyclic) bond motifs is 1. The van der Waals surface area contributed by atoms with Gasteiger partial charge in [-0.3, -0.25) is 9.59 Å². The summed E-state index contributed by atoms with van der Waals surface area (Å²) < 4.78 is 5.33. The first kappa shape index (κ1) is 21.2. The molecule has 0 saturated carbocycles. The van der Waals surface area contributed by atoms with Crippen molar-refractivity contribution in [3.05, 3.63) is 113 Å². The van der Waals surface area contributed by atoms with E-state index in [1.807, 2.05) is 36.4 Å². The topological polar surface area (TPSA) is 92.7 Å². The number of carbonyl (C=O) groups excluding carboxylic acids is 3. The number of hydrogen-bond acceptors (Lipinski definition) is 5. The summed E-state index contributed by atoms with van der Waals surface area (Å²) >= 11 is 0. The lowest BCUT2D eigenvalue weighted by Gasteiger charge is -2.23. The monoisotopic (exact) mass is 427 g/mol. The fourth-order valence-corrected chi connectivity index (χ4v) is 3.61. The van der Waals surface area contributed by atoms with Crippen LogP contribution >= 0.6 is 0 Å². The molecule has 0 radical (unpaired) electrons. The molecule has 2 N–H and O–H groups in total. The molecular formula is C26H21NO5. The van der Waals surface area contributed by atoms with Gasteiger partial charge in [-0.05, 0) is 47.5 Å². The van der Waals surface area contributed by atoms with Crippen LogP contribution < -0.4 is 10.1 Å². The summed E-state index contributed by atoms with van der Waals surface area (Å²) in [5.74, 6) is -0.116. The number of nitrogens with one attached hydrogen (secondary N) is 1. The summed E-state index contributed by atoms with van der Waals surface area (Å²) in [6.07, 6.45) is 0.985. The Hall–Kier alpha value is -4.03. The molecule has 0 unspecified atom stereocenters. The Bertz CT molecular complexity index is 1170. The second-order valence-electron chi connectivity index (χ2n) is 7.43. The third-order valence-corrected chi connectivity index (χ3v) is 5.25. The molecule has 0 aromatic heterocycles. The van der Waals surface area contributed by atoms with Crippen molar-refractivity contribution in [2.24, 2.45) is 0 Å². The Morgan fingerprint density at radius 2 is 1.44 bits per heavy atom. The van der Waals surface area contributed by atoms with Crippen LogP contribution in [-0.4, -0.2) is 22.8 Å². The van der Waals surface area contributed by atoms with E-state index >= 15 is 0 Å². The molecule has 0 aliphatic heterocycles. The first-order valence-electron chi connectivity index (χ1n) is 10.2. The Labute approximate surface area is 185 Å². The Kier molecular flexibility index (Phi) is 6.24. The van der Waals surface area contributed by atoms with Gasteiger partial charge in [0.05, 0.1) is 12.1 Å². The average Bonchev–Trinajstić information content (AvgIpc) is 2.82. The quantitative estimate of drug-likeness (QED) is 0.601. The van der Waals surface area contributed by atoms with E-state index in [2.05, 4.69) is 5.32 Å². The number of para-hydroxylation sites is 1. The van der Waals surface area contributed by atoms with Gasteiger partial charge >= 0.3 is 6.09 Å². The van der Waals surface area contributed by atoms with Crippen LogP contribution in [0.25, 0.3) is 0 Å². The first-order chi connectivity index (χ1) is 15.5. The number of rotatable bonds is 6. The van der Waals surface area contributed by atoms with Crippen molar-refractivity contribution in [1.82, 2.24) is 5.32 Å². The zero-order valence-electron chi connectivity index (χ0n) is 17.1. The van der Waals surface area contributed by atoms with E-state index in [9.17, 15) is 19.5 Å². The molecule has 3 aromatic rings. The van der Waals surface area contributed by atoms with Crippen LogP contribution in [0.15, 0.2) is 91.0 Å². The van der Waals surface area contributed by atoms with Gasteiger partial charge in [0.25, 0.3) is 0 Å². The highest BCUT2D eigenvalue weighted by molar-refractivity contribution is 6.22. The van der Waals surface area contributed by atoms with Crippen molar-refractivity contribution in [3.63, 3.8) is 0 Å². The molecule has 1 aliphatic carbocycles. The second-order valence-corrected chi connectivity index (χ2v) is 7.43. The maximum Gasteiger partial charge on any atom is 0.413 e. The number of aliphatic hydroxyl groups is 1. The van der Waals surface area contributed by atoms with E-state index in [1.165, 1.54) is 18.2 Å². The third kappa shape index (κ3) is 4.82. The number of ether oxygens (including phenoxy) is 1. The second kappa shape index (κ2) is 9.41. The fourth-order valence-electron chi connectivity index (χ4n) is 3.61. The average molecular weight is 427 g/mol. The fraction of sp³-hybridized carbons (Fsp3) is 0.115. The largest absolute Gasteiger partial charge is 0.413 e. The normalized spacial score (nSPS) is 14.4. The highest BCUT2D eigenvalue weighted by Gasteiger charge is 2.24. The summed E-state index contributed by atoms with van der Waals surface area (Å²) in [4.78, 5) is 36.6. The van der Waals surface area contributed by atoms with E-state index < -0.39 is 18.2 Å². The van der Waals surface area contributed by atoms with Crippen molar-refractivity contribution in [1.29, 1.82) is 0 Å². The number of amides is 1. The lowest BCUT2D eigenvalue weighted by molar-refractivity contribution is 0.0993. The molecular weight excluding hydrogens is 406 g/mol. The molecule has 0 saturated heterocycles. The van der Waals surface area contributed by atoms with E-state index in [4.69, 9.17) is 4.74 Å². The first-order valence-corrected chi connectivity index (χ1v) is 10.2. The molecule has 0 spiro atoms. The summed E-state index contributed by atoms with van der Waals surface area (Å²) in [5.41, 5.74) is 1.86. The summed E-state index contributed by atoms with van der Waals surface area (Å²) in [6, 6.07) is 22.1. The molecule has 4 rings (SSSR count). The van der Waals surface area contributed by atoms with E-state index in [0.29, 0.717) is 16.9 Å². The van der Waals surface area contributed by atoms with Gasteiger partial charge < -0.3 is 15.2 Å². The van der Waals surface area contributed by atoms with Crippen LogP contribution in [0, 0.1) is 0 Å². The minimum Gasteiger partial charge on any atom is -0.410 e. The molecule has 1 amide bonds. The predicted molar refractivity (Wildman–Crippen MR) is 119 cm³/mol. The number of allylic oxidation sites excluding steroid dienone is 2. The summed E-state index contributed by atoms with van der Waals surface area (Å²) in [5, 5.41) is 13.7. The van der Waals surface area contributed by atoms with Crippen molar-refractivity contribution in [3.8, 4) is 5.75 Å². The molecule has 0 fully saturated rings. The van der Waals surface area contributed by atoms with Crippen LogP contribution in [0.1, 0.15) is 50.4 Å². The van der Waals surface area contributed by atoms with Gasteiger partial charge in [0.2, 0.25) is 0 Å². The number of benzene rings is 3. The van der Waals surface area contributed by atoms with Crippen molar-refractivity contribution < 1.29 is 24.2 Å². The highest BCUT2D eigenvalue weighted by Crippen LogP contribution is 2.29. The van der Waals surface area contributed by atoms with Gasteiger partial charge in [-0.15, -0.1) is 0 Å². The molecule has 0 heterocycles. The van der Waals surface area contributed by atoms with Gasteiger partial charge in [-0.2, -0.15) is 0 Å². The lowest BCUT2D eigenvalue weighted by atomic mass is 9.90. The van der Waals surface area contributed by atoms with Crippen molar-refractivity contribution >= 4 is 17.7 Å². The Morgan fingerprint density at radius 1 is 0.812 bits per heavy atom. The molecule has 0 bridgehead atoms. The van der Waals surface area contributed by atoms with Crippen molar-refractivity contribution in [2.45, 2.75) is 18.6 Å².